The molecule has 1 aliphatic rings. The van der Waals surface area contributed by atoms with Crippen molar-refractivity contribution in [3.05, 3.63) is 76.1 Å². The second-order valence-corrected chi connectivity index (χ2v) is 6.07. The smallest absolute Gasteiger partial charge is 0.343 e. The Labute approximate surface area is 132 Å². The Kier molecular flexibility index (Phi) is 3.03. The van der Waals surface area contributed by atoms with E-state index < -0.39 is 11.4 Å². The molecule has 0 amide bonds. The van der Waals surface area contributed by atoms with Crippen LogP contribution in [0.25, 0.3) is 11.0 Å². The van der Waals surface area contributed by atoms with Crippen LogP contribution in [0.2, 0.25) is 0 Å². The maximum absolute atomic E-state index is 12.5. The topological polar surface area (TPSA) is 59.7 Å². The average molecular weight is 308 g/mol. The van der Waals surface area contributed by atoms with E-state index in [1.165, 1.54) is 0 Å². The first-order chi connectivity index (χ1) is 11.1. The molecule has 0 saturated heterocycles. The first kappa shape index (κ1) is 14.0. The summed E-state index contributed by atoms with van der Waals surface area (Å²) < 4.78 is 11.2. The lowest BCUT2D eigenvalue weighted by Crippen LogP contribution is -2.40. The van der Waals surface area contributed by atoms with Crippen molar-refractivity contribution in [3.8, 4) is 5.75 Å². The van der Waals surface area contributed by atoms with Crippen molar-refractivity contribution in [3.63, 3.8) is 0 Å². The number of hydrogen-bond acceptors (Lipinski definition) is 4. The molecule has 0 spiro atoms. The molecule has 4 rings (SSSR count). The molecule has 4 nitrogen and oxygen atoms in total. The molecule has 1 N–H and O–H groups in total. The van der Waals surface area contributed by atoms with Crippen LogP contribution in [-0.4, -0.2) is 10.9 Å². The summed E-state index contributed by atoms with van der Waals surface area (Å²) in [7, 11) is 0. The van der Waals surface area contributed by atoms with Crippen molar-refractivity contribution in [2.24, 2.45) is 0 Å². The van der Waals surface area contributed by atoms with Gasteiger partial charge in [0.15, 0.2) is 0 Å². The monoisotopic (exact) mass is 308 g/mol. The number of ether oxygens (including phenoxy) is 1. The SMILES string of the molecule is C[C@@]1(O)C[C@@H](c2ccccc2)c2c(c3ccccc3oc2=O)O1. The molecule has 2 aromatic carbocycles. The third-order valence-corrected chi connectivity index (χ3v) is 4.25. The van der Waals surface area contributed by atoms with Gasteiger partial charge in [-0.15, -0.1) is 0 Å². The van der Waals surface area contributed by atoms with Gasteiger partial charge in [-0.2, -0.15) is 0 Å². The standard InChI is InChI=1S/C19H16O4/c1-19(21)11-14(12-7-3-2-4-8-12)16-17(23-19)13-9-5-6-10-15(13)22-18(16)20/h2-10,14,21H,11H2,1H3/t14-,19-/m0/s1. The largest absolute Gasteiger partial charge is 0.461 e. The molecule has 116 valence electrons. The summed E-state index contributed by atoms with van der Waals surface area (Å²) in [4.78, 5) is 12.5. The van der Waals surface area contributed by atoms with Gasteiger partial charge < -0.3 is 14.3 Å². The summed E-state index contributed by atoms with van der Waals surface area (Å²) in [6.45, 7) is 1.62. The van der Waals surface area contributed by atoms with Gasteiger partial charge >= 0.3 is 5.63 Å². The van der Waals surface area contributed by atoms with E-state index in [2.05, 4.69) is 0 Å². The van der Waals surface area contributed by atoms with Crippen LogP contribution in [0, 0.1) is 0 Å². The average Bonchev–Trinajstić information content (AvgIpc) is 2.54. The third-order valence-electron chi connectivity index (χ3n) is 4.25. The molecule has 3 aromatic rings. The van der Waals surface area contributed by atoms with Crippen molar-refractivity contribution in [1.29, 1.82) is 0 Å². The molecule has 1 aliphatic heterocycles. The van der Waals surface area contributed by atoms with E-state index in [4.69, 9.17) is 9.15 Å². The molecule has 0 saturated carbocycles. The molecule has 0 radical (unpaired) electrons. The highest BCUT2D eigenvalue weighted by Gasteiger charge is 2.39. The lowest BCUT2D eigenvalue weighted by atomic mass is 9.83. The predicted octanol–water partition coefficient (Wildman–Crippen LogP) is 3.42. The van der Waals surface area contributed by atoms with E-state index in [9.17, 15) is 9.90 Å². The van der Waals surface area contributed by atoms with Crippen molar-refractivity contribution < 1.29 is 14.3 Å². The first-order valence-corrected chi connectivity index (χ1v) is 7.57. The molecule has 23 heavy (non-hydrogen) atoms. The van der Waals surface area contributed by atoms with Crippen LogP contribution in [0.5, 0.6) is 5.75 Å². The zero-order chi connectivity index (χ0) is 16.0. The molecule has 0 bridgehead atoms. The number of benzene rings is 2. The number of aliphatic hydroxyl groups is 1. The minimum Gasteiger partial charge on any atom is -0.461 e. The summed E-state index contributed by atoms with van der Waals surface area (Å²) in [6, 6.07) is 16.9. The summed E-state index contributed by atoms with van der Waals surface area (Å²) in [5, 5.41) is 11.2. The Morgan fingerprint density at radius 3 is 2.57 bits per heavy atom. The Bertz CT molecular complexity index is 925. The van der Waals surface area contributed by atoms with Crippen LogP contribution in [0.3, 0.4) is 0 Å². The maximum Gasteiger partial charge on any atom is 0.343 e. The Morgan fingerprint density at radius 1 is 1.09 bits per heavy atom. The summed E-state index contributed by atoms with van der Waals surface area (Å²) in [5.41, 5.74) is 1.48. The number of rotatable bonds is 1. The minimum atomic E-state index is -1.34. The lowest BCUT2D eigenvalue weighted by molar-refractivity contribution is -0.136. The molecule has 0 aliphatic carbocycles. The zero-order valence-electron chi connectivity index (χ0n) is 12.7. The second kappa shape index (κ2) is 4.96. The van der Waals surface area contributed by atoms with Gasteiger partial charge in [0.2, 0.25) is 5.79 Å². The van der Waals surface area contributed by atoms with E-state index in [-0.39, 0.29) is 5.92 Å². The van der Waals surface area contributed by atoms with Crippen LogP contribution < -0.4 is 10.4 Å². The number of hydrogen-bond donors (Lipinski definition) is 1. The molecule has 0 fully saturated rings. The predicted molar refractivity (Wildman–Crippen MR) is 86.6 cm³/mol. The molecular formula is C19H16O4. The van der Waals surface area contributed by atoms with Crippen LogP contribution >= 0.6 is 0 Å². The number of para-hydroxylation sites is 1. The van der Waals surface area contributed by atoms with Crippen LogP contribution in [-0.2, 0) is 0 Å². The first-order valence-electron chi connectivity index (χ1n) is 7.57. The highest BCUT2D eigenvalue weighted by Crippen LogP contribution is 2.44. The van der Waals surface area contributed by atoms with E-state index in [1.54, 1.807) is 19.1 Å². The Hall–Kier alpha value is -2.59. The third kappa shape index (κ3) is 2.32. The minimum absolute atomic E-state index is 0.268. The van der Waals surface area contributed by atoms with Gasteiger partial charge in [-0.25, -0.2) is 4.79 Å². The second-order valence-electron chi connectivity index (χ2n) is 6.07. The van der Waals surface area contributed by atoms with Crippen LogP contribution in [0.4, 0.5) is 0 Å². The lowest BCUT2D eigenvalue weighted by Gasteiger charge is -2.36. The van der Waals surface area contributed by atoms with Gasteiger partial charge in [-0.05, 0) is 17.7 Å². The normalized spacial score (nSPS) is 23.3. The maximum atomic E-state index is 12.5. The molecule has 4 heteroatoms. The van der Waals surface area contributed by atoms with Crippen molar-refractivity contribution in [2.45, 2.75) is 25.0 Å². The molecular weight excluding hydrogens is 292 g/mol. The van der Waals surface area contributed by atoms with Gasteiger partial charge in [0.1, 0.15) is 11.3 Å². The van der Waals surface area contributed by atoms with E-state index in [1.807, 2.05) is 42.5 Å². The molecule has 2 heterocycles. The van der Waals surface area contributed by atoms with Crippen molar-refractivity contribution in [1.82, 2.24) is 0 Å². The fourth-order valence-electron chi connectivity index (χ4n) is 3.26. The molecule has 2 atom stereocenters. The number of fused-ring (bicyclic) bond motifs is 3. The fourth-order valence-corrected chi connectivity index (χ4v) is 3.26. The summed E-state index contributed by atoms with van der Waals surface area (Å²) in [5.74, 6) is -1.19. The van der Waals surface area contributed by atoms with Gasteiger partial charge in [0.25, 0.3) is 0 Å². The summed E-state index contributed by atoms with van der Waals surface area (Å²) >= 11 is 0. The van der Waals surface area contributed by atoms with E-state index in [0.29, 0.717) is 28.7 Å². The molecule has 1 aromatic heterocycles. The van der Waals surface area contributed by atoms with Gasteiger partial charge in [-0.3, -0.25) is 0 Å². The van der Waals surface area contributed by atoms with Gasteiger partial charge in [-0.1, -0.05) is 42.5 Å². The summed E-state index contributed by atoms with van der Waals surface area (Å²) in [6.07, 6.45) is 0.299. The highest BCUT2D eigenvalue weighted by molar-refractivity contribution is 5.85. The van der Waals surface area contributed by atoms with E-state index in [0.717, 1.165) is 5.56 Å². The van der Waals surface area contributed by atoms with Gasteiger partial charge in [0.05, 0.1) is 10.9 Å². The highest BCUT2D eigenvalue weighted by atomic mass is 16.6. The van der Waals surface area contributed by atoms with Crippen LogP contribution in [0.1, 0.15) is 30.4 Å². The van der Waals surface area contributed by atoms with Crippen LogP contribution in [0.15, 0.2) is 63.8 Å². The van der Waals surface area contributed by atoms with E-state index >= 15 is 0 Å². The Morgan fingerprint density at radius 2 is 1.78 bits per heavy atom. The molecule has 0 unspecified atom stereocenters. The fraction of sp³-hybridized carbons (Fsp3) is 0.211. The zero-order valence-corrected chi connectivity index (χ0v) is 12.7. The van der Waals surface area contributed by atoms with Gasteiger partial charge in [0, 0.05) is 19.3 Å². The van der Waals surface area contributed by atoms with Crippen molar-refractivity contribution in [2.75, 3.05) is 0 Å². The quantitative estimate of drug-likeness (QED) is 0.700. The Balaban J connectivity index is 2.04. The van der Waals surface area contributed by atoms with Crippen molar-refractivity contribution >= 4 is 11.0 Å².